The fraction of sp³-hybridized carbons (Fsp3) is 0.500. The van der Waals surface area contributed by atoms with E-state index in [4.69, 9.17) is 10.2 Å². The standard InChI is InChI=1S/C6H10O4/c1-4(6(9)10)5(8)2-3-7/h5,7-8H,1-3H2,(H,9,10)/p-1. The van der Waals surface area contributed by atoms with Crippen molar-refractivity contribution in [3.05, 3.63) is 12.2 Å². The molecular weight excluding hydrogens is 136 g/mol. The second-order valence-electron chi connectivity index (χ2n) is 1.84. The number of carboxylic acid groups (broad SMARTS) is 1. The van der Waals surface area contributed by atoms with Gasteiger partial charge < -0.3 is 20.1 Å². The number of aliphatic hydroxyl groups excluding tert-OH is 2. The Morgan fingerprint density at radius 2 is 2.20 bits per heavy atom. The molecule has 4 nitrogen and oxygen atoms in total. The van der Waals surface area contributed by atoms with Crippen molar-refractivity contribution in [2.75, 3.05) is 6.61 Å². The number of carboxylic acids is 1. The summed E-state index contributed by atoms with van der Waals surface area (Å²) in [7, 11) is 0. The minimum Gasteiger partial charge on any atom is -0.545 e. The minimum absolute atomic E-state index is 0.0210. The molecular formula is C6H9O4-. The molecule has 0 aromatic carbocycles. The van der Waals surface area contributed by atoms with Gasteiger partial charge in [-0.1, -0.05) is 6.58 Å². The molecule has 0 rings (SSSR count). The molecule has 0 heterocycles. The van der Waals surface area contributed by atoms with Crippen LogP contribution < -0.4 is 5.11 Å². The van der Waals surface area contributed by atoms with E-state index in [1.807, 2.05) is 0 Å². The van der Waals surface area contributed by atoms with E-state index in [0.717, 1.165) is 0 Å². The van der Waals surface area contributed by atoms with Crippen LogP contribution in [-0.4, -0.2) is 28.9 Å². The Balaban J connectivity index is 3.82. The second-order valence-corrected chi connectivity index (χ2v) is 1.84. The molecule has 0 aliphatic heterocycles. The van der Waals surface area contributed by atoms with Crippen molar-refractivity contribution in [3.63, 3.8) is 0 Å². The third-order valence-corrected chi connectivity index (χ3v) is 1.07. The van der Waals surface area contributed by atoms with E-state index in [2.05, 4.69) is 6.58 Å². The van der Waals surface area contributed by atoms with Gasteiger partial charge in [0.05, 0.1) is 12.1 Å². The maximum atomic E-state index is 9.96. The molecule has 0 aromatic heterocycles. The Bertz CT molecular complexity index is 141. The van der Waals surface area contributed by atoms with E-state index in [1.54, 1.807) is 0 Å². The Morgan fingerprint density at radius 3 is 2.50 bits per heavy atom. The van der Waals surface area contributed by atoms with Crippen molar-refractivity contribution in [2.45, 2.75) is 12.5 Å². The number of rotatable bonds is 4. The van der Waals surface area contributed by atoms with Gasteiger partial charge in [0.2, 0.25) is 0 Å². The van der Waals surface area contributed by atoms with Gasteiger partial charge in [0.25, 0.3) is 0 Å². The quantitative estimate of drug-likeness (QED) is 0.450. The molecule has 0 saturated heterocycles. The van der Waals surface area contributed by atoms with Crippen LogP contribution in [0.2, 0.25) is 0 Å². The first-order chi connectivity index (χ1) is 4.59. The van der Waals surface area contributed by atoms with Gasteiger partial charge in [0.1, 0.15) is 0 Å². The van der Waals surface area contributed by atoms with Crippen LogP contribution in [0, 0.1) is 0 Å². The van der Waals surface area contributed by atoms with Gasteiger partial charge in [-0.25, -0.2) is 0 Å². The SMILES string of the molecule is C=C(C(=O)[O-])C(O)CCO. The summed E-state index contributed by atoms with van der Waals surface area (Å²) in [6.07, 6.45) is -1.22. The fourth-order valence-electron chi connectivity index (χ4n) is 0.433. The van der Waals surface area contributed by atoms with Crippen LogP contribution in [0.15, 0.2) is 12.2 Å². The summed E-state index contributed by atoms with van der Waals surface area (Å²) in [5.74, 6) is -1.49. The number of carbonyl (C=O) groups is 1. The zero-order valence-corrected chi connectivity index (χ0v) is 5.41. The van der Waals surface area contributed by atoms with E-state index < -0.39 is 17.6 Å². The van der Waals surface area contributed by atoms with Crippen LogP contribution in [-0.2, 0) is 4.79 Å². The van der Waals surface area contributed by atoms with Crippen molar-refractivity contribution >= 4 is 5.97 Å². The second kappa shape index (κ2) is 4.03. The smallest absolute Gasteiger partial charge is 0.0823 e. The Hall–Kier alpha value is -0.870. The summed E-state index contributed by atoms with van der Waals surface area (Å²) < 4.78 is 0. The zero-order valence-electron chi connectivity index (χ0n) is 5.41. The molecule has 10 heavy (non-hydrogen) atoms. The van der Waals surface area contributed by atoms with Crippen molar-refractivity contribution in [1.82, 2.24) is 0 Å². The van der Waals surface area contributed by atoms with Crippen molar-refractivity contribution < 1.29 is 20.1 Å². The zero-order chi connectivity index (χ0) is 8.15. The van der Waals surface area contributed by atoms with Gasteiger partial charge in [0, 0.05) is 13.0 Å². The minimum atomic E-state index is -1.49. The van der Waals surface area contributed by atoms with Gasteiger partial charge in [-0.3, -0.25) is 0 Å². The highest BCUT2D eigenvalue weighted by atomic mass is 16.4. The highest BCUT2D eigenvalue weighted by Crippen LogP contribution is 2.01. The number of hydrogen-bond donors (Lipinski definition) is 2. The molecule has 0 radical (unpaired) electrons. The third-order valence-electron chi connectivity index (χ3n) is 1.07. The first kappa shape index (κ1) is 9.13. The van der Waals surface area contributed by atoms with Crippen LogP contribution in [0.5, 0.6) is 0 Å². The highest BCUT2D eigenvalue weighted by Gasteiger charge is 2.07. The molecule has 0 aliphatic carbocycles. The first-order valence-electron chi connectivity index (χ1n) is 2.78. The number of carbonyl (C=O) groups excluding carboxylic acids is 1. The Morgan fingerprint density at radius 1 is 1.70 bits per heavy atom. The summed E-state index contributed by atoms with van der Waals surface area (Å²) in [5.41, 5.74) is -0.394. The van der Waals surface area contributed by atoms with Gasteiger partial charge >= 0.3 is 0 Å². The summed E-state index contributed by atoms with van der Waals surface area (Å²) in [4.78, 5) is 9.96. The predicted octanol–water partition coefficient (Wildman–Crippen LogP) is -1.96. The molecule has 1 unspecified atom stereocenters. The molecule has 0 fully saturated rings. The molecule has 0 amide bonds. The molecule has 58 valence electrons. The summed E-state index contributed by atoms with van der Waals surface area (Å²) in [6.45, 7) is 2.78. The lowest BCUT2D eigenvalue weighted by molar-refractivity contribution is -0.300. The van der Waals surface area contributed by atoms with Crippen LogP contribution in [0.4, 0.5) is 0 Å². The molecule has 0 bridgehead atoms. The van der Waals surface area contributed by atoms with Gasteiger partial charge in [0.15, 0.2) is 0 Å². The van der Waals surface area contributed by atoms with E-state index in [-0.39, 0.29) is 13.0 Å². The summed E-state index contributed by atoms with van der Waals surface area (Å²) in [6, 6.07) is 0. The predicted molar refractivity (Wildman–Crippen MR) is 31.9 cm³/mol. The topological polar surface area (TPSA) is 80.6 Å². The molecule has 0 saturated carbocycles. The lowest BCUT2D eigenvalue weighted by Crippen LogP contribution is -2.30. The van der Waals surface area contributed by atoms with Crippen LogP contribution in [0.25, 0.3) is 0 Å². The number of aliphatic hydroxyl groups is 2. The monoisotopic (exact) mass is 145 g/mol. The fourth-order valence-corrected chi connectivity index (χ4v) is 0.433. The third kappa shape index (κ3) is 2.61. The molecule has 0 spiro atoms. The molecule has 0 aromatic rings. The van der Waals surface area contributed by atoms with E-state index >= 15 is 0 Å². The molecule has 0 aliphatic rings. The van der Waals surface area contributed by atoms with Gasteiger partial charge in [-0.2, -0.15) is 0 Å². The van der Waals surface area contributed by atoms with Crippen LogP contribution >= 0.6 is 0 Å². The van der Waals surface area contributed by atoms with E-state index in [9.17, 15) is 9.90 Å². The maximum absolute atomic E-state index is 9.96. The number of hydrogen-bond acceptors (Lipinski definition) is 4. The van der Waals surface area contributed by atoms with Crippen molar-refractivity contribution in [2.24, 2.45) is 0 Å². The van der Waals surface area contributed by atoms with Crippen molar-refractivity contribution in [1.29, 1.82) is 0 Å². The van der Waals surface area contributed by atoms with Crippen LogP contribution in [0.1, 0.15) is 6.42 Å². The normalized spacial score (nSPS) is 12.6. The Labute approximate surface area is 58.4 Å². The van der Waals surface area contributed by atoms with Gasteiger partial charge in [-0.05, 0) is 5.57 Å². The van der Waals surface area contributed by atoms with Crippen LogP contribution in [0.3, 0.4) is 0 Å². The summed E-state index contributed by atoms with van der Waals surface area (Å²) in [5, 5.41) is 27.0. The lowest BCUT2D eigenvalue weighted by Gasteiger charge is -2.12. The Kier molecular flexibility index (Phi) is 3.68. The molecule has 2 N–H and O–H groups in total. The highest BCUT2D eigenvalue weighted by molar-refractivity contribution is 5.84. The average Bonchev–Trinajstić information content (AvgIpc) is 1.87. The largest absolute Gasteiger partial charge is 0.545 e. The van der Waals surface area contributed by atoms with E-state index in [0.29, 0.717) is 0 Å². The summed E-state index contributed by atoms with van der Waals surface area (Å²) >= 11 is 0. The molecule has 4 heteroatoms. The van der Waals surface area contributed by atoms with Crippen molar-refractivity contribution in [3.8, 4) is 0 Å². The number of aliphatic carboxylic acids is 1. The van der Waals surface area contributed by atoms with E-state index in [1.165, 1.54) is 0 Å². The molecule has 1 atom stereocenters. The average molecular weight is 145 g/mol. The first-order valence-corrected chi connectivity index (χ1v) is 2.78. The maximum Gasteiger partial charge on any atom is 0.0823 e. The lowest BCUT2D eigenvalue weighted by atomic mass is 10.1. The van der Waals surface area contributed by atoms with Gasteiger partial charge in [-0.15, -0.1) is 0 Å².